The third kappa shape index (κ3) is 4.97. The zero-order chi connectivity index (χ0) is 22.3. The van der Waals surface area contributed by atoms with Gasteiger partial charge in [0.1, 0.15) is 18.2 Å². The highest BCUT2D eigenvalue weighted by molar-refractivity contribution is 5.93. The van der Waals surface area contributed by atoms with E-state index in [9.17, 15) is 4.79 Å². The summed E-state index contributed by atoms with van der Waals surface area (Å²) in [6, 6.07) is 17.7. The van der Waals surface area contributed by atoms with Gasteiger partial charge in [0.15, 0.2) is 0 Å². The van der Waals surface area contributed by atoms with Crippen molar-refractivity contribution in [3.63, 3.8) is 0 Å². The number of aryl methyl sites for hydroxylation is 2. The first-order valence-electron chi connectivity index (χ1n) is 10.9. The summed E-state index contributed by atoms with van der Waals surface area (Å²) in [6.07, 6.45) is 4.82. The first-order valence-corrected chi connectivity index (χ1v) is 10.9. The average molecular weight is 429 g/mol. The molecule has 0 spiro atoms. The summed E-state index contributed by atoms with van der Waals surface area (Å²) < 4.78 is 8.32. The van der Waals surface area contributed by atoms with Crippen LogP contribution in [0.1, 0.15) is 33.7 Å². The van der Waals surface area contributed by atoms with Crippen LogP contribution in [0.15, 0.2) is 67.0 Å². The largest absolute Gasteiger partial charge is 0.491 e. The van der Waals surface area contributed by atoms with Crippen molar-refractivity contribution in [3.05, 3.63) is 89.5 Å². The smallest absolute Gasteiger partial charge is 0.251 e. The predicted octanol–water partition coefficient (Wildman–Crippen LogP) is 4.49. The SMILES string of the molecule is Cc1cccc(OCCn2c(CCCNC(=O)c3ccncc3)nc3ccccc32)c1C. The lowest BCUT2D eigenvalue weighted by molar-refractivity contribution is 0.0953. The van der Waals surface area contributed by atoms with E-state index >= 15 is 0 Å². The fourth-order valence-corrected chi connectivity index (χ4v) is 3.75. The molecule has 4 rings (SSSR count). The van der Waals surface area contributed by atoms with Gasteiger partial charge in [-0.15, -0.1) is 0 Å². The monoisotopic (exact) mass is 428 g/mol. The molecule has 0 fully saturated rings. The van der Waals surface area contributed by atoms with Gasteiger partial charge in [-0.05, 0) is 61.7 Å². The third-order valence-electron chi connectivity index (χ3n) is 5.67. The van der Waals surface area contributed by atoms with Crippen LogP contribution in [0.25, 0.3) is 11.0 Å². The number of nitrogens with zero attached hydrogens (tertiary/aromatic N) is 3. The lowest BCUT2D eigenvalue weighted by atomic mass is 10.1. The zero-order valence-electron chi connectivity index (χ0n) is 18.5. The number of hydrogen-bond acceptors (Lipinski definition) is 4. The first-order chi connectivity index (χ1) is 15.6. The number of imidazole rings is 1. The van der Waals surface area contributed by atoms with Crippen LogP contribution in [0.2, 0.25) is 0 Å². The topological polar surface area (TPSA) is 69.0 Å². The third-order valence-corrected chi connectivity index (χ3v) is 5.67. The van der Waals surface area contributed by atoms with Crippen LogP contribution in [-0.2, 0) is 13.0 Å². The molecule has 0 atom stereocenters. The molecule has 1 amide bonds. The van der Waals surface area contributed by atoms with E-state index in [4.69, 9.17) is 9.72 Å². The molecule has 0 saturated heterocycles. The van der Waals surface area contributed by atoms with Gasteiger partial charge in [-0.25, -0.2) is 4.98 Å². The van der Waals surface area contributed by atoms with Gasteiger partial charge in [-0.1, -0.05) is 24.3 Å². The molecule has 0 saturated carbocycles. The summed E-state index contributed by atoms with van der Waals surface area (Å²) in [5, 5.41) is 2.97. The maximum Gasteiger partial charge on any atom is 0.251 e. The van der Waals surface area contributed by atoms with Crippen LogP contribution in [-0.4, -0.2) is 33.6 Å². The molecular weight excluding hydrogens is 400 g/mol. The second-order valence-corrected chi connectivity index (χ2v) is 7.81. The minimum Gasteiger partial charge on any atom is -0.491 e. The van der Waals surface area contributed by atoms with Gasteiger partial charge >= 0.3 is 0 Å². The Hall–Kier alpha value is -3.67. The molecule has 164 valence electrons. The average Bonchev–Trinajstić information content (AvgIpc) is 3.17. The molecular formula is C26H28N4O2. The van der Waals surface area contributed by atoms with E-state index in [1.165, 1.54) is 11.1 Å². The number of carbonyl (C=O) groups excluding carboxylic acids is 1. The van der Waals surface area contributed by atoms with E-state index in [0.717, 1.165) is 35.4 Å². The van der Waals surface area contributed by atoms with Crippen molar-refractivity contribution in [2.45, 2.75) is 33.2 Å². The number of hydrogen-bond donors (Lipinski definition) is 1. The van der Waals surface area contributed by atoms with Crippen LogP contribution in [0.3, 0.4) is 0 Å². The number of amides is 1. The van der Waals surface area contributed by atoms with Gasteiger partial charge in [0, 0.05) is 30.9 Å². The molecule has 6 heteroatoms. The van der Waals surface area contributed by atoms with Crippen molar-refractivity contribution in [3.8, 4) is 5.75 Å². The zero-order valence-corrected chi connectivity index (χ0v) is 18.5. The highest BCUT2D eigenvalue weighted by atomic mass is 16.5. The predicted molar refractivity (Wildman–Crippen MR) is 126 cm³/mol. The molecule has 0 aliphatic carbocycles. The van der Waals surface area contributed by atoms with Crippen molar-refractivity contribution in [1.82, 2.24) is 19.9 Å². The summed E-state index contributed by atoms with van der Waals surface area (Å²) in [5.41, 5.74) is 5.11. The number of ether oxygens (including phenoxy) is 1. The number of nitrogens with one attached hydrogen (secondary N) is 1. The van der Waals surface area contributed by atoms with Gasteiger partial charge in [0.25, 0.3) is 5.91 Å². The Labute approximate surface area is 188 Å². The van der Waals surface area contributed by atoms with Gasteiger partial charge in [-0.2, -0.15) is 0 Å². The Kier molecular flexibility index (Phi) is 6.80. The number of carbonyl (C=O) groups is 1. The van der Waals surface area contributed by atoms with Crippen LogP contribution >= 0.6 is 0 Å². The van der Waals surface area contributed by atoms with Crippen molar-refractivity contribution in [1.29, 1.82) is 0 Å². The minimum absolute atomic E-state index is 0.0807. The molecule has 2 aromatic carbocycles. The summed E-state index contributed by atoms with van der Waals surface area (Å²) in [6.45, 7) is 6.05. The van der Waals surface area contributed by atoms with Crippen molar-refractivity contribution in [2.75, 3.05) is 13.2 Å². The lowest BCUT2D eigenvalue weighted by Crippen LogP contribution is -2.25. The Morgan fingerprint density at radius 1 is 1.03 bits per heavy atom. The van der Waals surface area contributed by atoms with Crippen LogP contribution < -0.4 is 10.1 Å². The van der Waals surface area contributed by atoms with Crippen LogP contribution in [0, 0.1) is 13.8 Å². The van der Waals surface area contributed by atoms with Crippen LogP contribution in [0.5, 0.6) is 5.75 Å². The Bertz CT molecular complexity index is 1200. The lowest BCUT2D eigenvalue weighted by Gasteiger charge is -2.13. The van der Waals surface area contributed by atoms with Crippen molar-refractivity contribution < 1.29 is 9.53 Å². The van der Waals surface area contributed by atoms with E-state index < -0.39 is 0 Å². The second kappa shape index (κ2) is 10.1. The molecule has 0 radical (unpaired) electrons. The van der Waals surface area contributed by atoms with Gasteiger partial charge in [0.2, 0.25) is 0 Å². The normalized spacial score (nSPS) is 10.9. The molecule has 4 aromatic rings. The van der Waals surface area contributed by atoms with E-state index in [-0.39, 0.29) is 5.91 Å². The first kappa shape index (κ1) is 21.6. The van der Waals surface area contributed by atoms with E-state index in [0.29, 0.717) is 25.3 Å². The number of rotatable bonds is 9. The summed E-state index contributed by atoms with van der Waals surface area (Å²) >= 11 is 0. The number of aromatic nitrogens is 3. The van der Waals surface area contributed by atoms with Crippen LogP contribution in [0.4, 0.5) is 0 Å². The Morgan fingerprint density at radius 2 is 1.84 bits per heavy atom. The number of para-hydroxylation sites is 2. The molecule has 2 heterocycles. The summed E-state index contributed by atoms with van der Waals surface area (Å²) in [5.74, 6) is 1.85. The molecule has 0 unspecified atom stereocenters. The molecule has 1 N–H and O–H groups in total. The van der Waals surface area contributed by atoms with Gasteiger partial charge in [-0.3, -0.25) is 9.78 Å². The minimum atomic E-state index is -0.0807. The Balaban J connectivity index is 1.39. The fraction of sp³-hybridized carbons (Fsp3) is 0.269. The van der Waals surface area contributed by atoms with Crippen molar-refractivity contribution >= 4 is 16.9 Å². The molecule has 32 heavy (non-hydrogen) atoms. The highest BCUT2D eigenvalue weighted by Crippen LogP contribution is 2.21. The highest BCUT2D eigenvalue weighted by Gasteiger charge is 2.11. The summed E-state index contributed by atoms with van der Waals surface area (Å²) in [7, 11) is 0. The quantitative estimate of drug-likeness (QED) is 0.399. The molecule has 6 nitrogen and oxygen atoms in total. The molecule has 2 aromatic heterocycles. The molecule has 0 bridgehead atoms. The van der Waals surface area contributed by atoms with E-state index in [1.807, 2.05) is 30.3 Å². The summed E-state index contributed by atoms with van der Waals surface area (Å²) in [4.78, 5) is 21.0. The van der Waals surface area contributed by atoms with Gasteiger partial charge in [0.05, 0.1) is 17.6 Å². The Morgan fingerprint density at radius 3 is 2.69 bits per heavy atom. The fourth-order valence-electron chi connectivity index (χ4n) is 3.75. The second-order valence-electron chi connectivity index (χ2n) is 7.81. The molecule has 0 aliphatic rings. The standard InChI is InChI=1S/C26H28N4O2/c1-19-7-5-10-24(20(19)2)32-18-17-30-23-9-4-3-8-22(23)29-25(30)11-6-14-28-26(31)21-12-15-27-16-13-21/h3-5,7-10,12-13,15-16H,6,11,14,17-18H2,1-2H3,(H,28,31). The maximum absolute atomic E-state index is 12.2. The van der Waals surface area contributed by atoms with Crippen molar-refractivity contribution in [2.24, 2.45) is 0 Å². The number of pyridine rings is 1. The molecule has 0 aliphatic heterocycles. The van der Waals surface area contributed by atoms with E-state index in [2.05, 4.69) is 40.8 Å². The van der Waals surface area contributed by atoms with E-state index in [1.54, 1.807) is 24.5 Å². The maximum atomic E-state index is 12.2. The number of benzene rings is 2. The van der Waals surface area contributed by atoms with Gasteiger partial charge < -0.3 is 14.6 Å². The number of fused-ring (bicyclic) bond motifs is 1.